The third kappa shape index (κ3) is 0.917. The lowest BCUT2D eigenvalue weighted by molar-refractivity contribution is 1.23. The summed E-state index contributed by atoms with van der Waals surface area (Å²) in [4.78, 5) is 7.96. The smallest absolute Gasteiger partial charge is 0.221 e. The fourth-order valence-corrected chi connectivity index (χ4v) is 1.76. The first-order chi connectivity index (χ1) is 5.81. The van der Waals surface area contributed by atoms with Crippen LogP contribution in [-0.4, -0.2) is 9.97 Å². The average molecular weight is 175 g/mol. The fraction of sp³-hybridized carbons (Fsp3) is 0. The van der Waals surface area contributed by atoms with E-state index in [-0.39, 0.29) is 5.95 Å². The molecule has 0 saturated heterocycles. The number of thiophene rings is 1. The van der Waals surface area contributed by atoms with Crippen LogP contribution < -0.4 is 5.73 Å². The molecule has 0 amide bonds. The standard InChI is InChI=1S/C8H5N3S/c1-2-5-7-6(3-4-12-7)11-8(9)10-5/h1,3-4H,(H2,9,10,11). The van der Waals surface area contributed by atoms with Crippen molar-refractivity contribution in [1.29, 1.82) is 0 Å². The van der Waals surface area contributed by atoms with Gasteiger partial charge in [0.05, 0.1) is 10.2 Å². The first kappa shape index (κ1) is 7.07. The van der Waals surface area contributed by atoms with Gasteiger partial charge in [0.25, 0.3) is 0 Å². The summed E-state index contributed by atoms with van der Waals surface area (Å²) in [7, 11) is 0. The number of hydrogen-bond acceptors (Lipinski definition) is 4. The predicted molar refractivity (Wildman–Crippen MR) is 49.8 cm³/mol. The SMILES string of the molecule is C#Cc1nc(N)nc2ccsc12. The average Bonchev–Trinajstić information content (AvgIpc) is 2.50. The van der Waals surface area contributed by atoms with Crippen molar-refractivity contribution in [3.05, 3.63) is 17.1 Å². The summed E-state index contributed by atoms with van der Waals surface area (Å²) in [5.41, 5.74) is 6.84. The van der Waals surface area contributed by atoms with Gasteiger partial charge in [0.1, 0.15) is 5.69 Å². The van der Waals surface area contributed by atoms with Crippen LogP contribution in [0.2, 0.25) is 0 Å². The number of nitrogens with zero attached hydrogens (tertiary/aromatic N) is 2. The van der Waals surface area contributed by atoms with Gasteiger partial charge in [-0.3, -0.25) is 0 Å². The van der Waals surface area contributed by atoms with Crippen molar-refractivity contribution < 1.29 is 0 Å². The second-order valence-corrected chi connectivity index (χ2v) is 3.13. The zero-order valence-corrected chi connectivity index (χ0v) is 6.93. The fourth-order valence-electron chi connectivity index (χ4n) is 0.979. The second kappa shape index (κ2) is 2.47. The highest BCUT2D eigenvalue weighted by atomic mass is 32.1. The predicted octanol–water partition coefficient (Wildman–Crippen LogP) is 1.25. The number of nitrogen functional groups attached to an aromatic ring is 1. The summed E-state index contributed by atoms with van der Waals surface area (Å²) < 4.78 is 0.923. The van der Waals surface area contributed by atoms with Crippen molar-refractivity contribution in [1.82, 2.24) is 9.97 Å². The monoisotopic (exact) mass is 175 g/mol. The van der Waals surface area contributed by atoms with E-state index in [4.69, 9.17) is 12.2 Å². The minimum Gasteiger partial charge on any atom is -0.368 e. The van der Waals surface area contributed by atoms with E-state index in [1.807, 2.05) is 11.4 Å². The molecule has 0 unspecified atom stereocenters. The first-order valence-corrected chi connectivity index (χ1v) is 4.16. The maximum Gasteiger partial charge on any atom is 0.221 e. The number of terminal acetylenes is 1. The Balaban J connectivity index is 2.91. The van der Waals surface area contributed by atoms with E-state index in [2.05, 4.69) is 15.9 Å². The van der Waals surface area contributed by atoms with Gasteiger partial charge in [-0.2, -0.15) is 0 Å². The molecule has 0 fully saturated rings. The Morgan fingerprint density at radius 1 is 1.50 bits per heavy atom. The Kier molecular flexibility index (Phi) is 1.45. The number of nitrogens with two attached hydrogens (primary N) is 1. The van der Waals surface area contributed by atoms with Crippen LogP contribution in [0.4, 0.5) is 5.95 Å². The molecule has 0 spiro atoms. The van der Waals surface area contributed by atoms with Gasteiger partial charge in [-0.05, 0) is 17.4 Å². The Bertz CT molecular complexity index is 467. The Morgan fingerprint density at radius 2 is 2.33 bits per heavy atom. The summed E-state index contributed by atoms with van der Waals surface area (Å²) in [6, 6.07) is 1.87. The largest absolute Gasteiger partial charge is 0.368 e. The molecule has 0 bridgehead atoms. The summed E-state index contributed by atoms with van der Waals surface area (Å²) >= 11 is 1.52. The van der Waals surface area contributed by atoms with Crippen molar-refractivity contribution >= 4 is 27.5 Å². The molecular weight excluding hydrogens is 170 g/mol. The van der Waals surface area contributed by atoms with Crippen molar-refractivity contribution in [2.75, 3.05) is 5.73 Å². The van der Waals surface area contributed by atoms with Crippen molar-refractivity contribution in [3.8, 4) is 12.3 Å². The van der Waals surface area contributed by atoms with Gasteiger partial charge in [-0.25, -0.2) is 9.97 Å². The number of hydrogen-bond donors (Lipinski definition) is 1. The van der Waals surface area contributed by atoms with E-state index in [1.165, 1.54) is 11.3 Å². The maximum absolute atomic E-state index is 5.45. The molecule has 58 valence electrons. The van der Waals surface area contributed by atoms with Crippen LogP contribution in [0.3, 0.4) is 0 Å². The lowest BCUT2D eigenvalue weighted by Gasteiger charge is -1.94. The lowest BCUT2D eigenvalue weighted by atomic mass is 10.3. The number of aromatic nitrogens is 2. The van der Waals surface area contributed by atoms with Gasteiger partial charge < -0.3 is 5.73 Å². The van der Waals surface area contributed by atoms with E-state index in [0.29, 0.717) is 5.69 Å². The molecule has 2 aromatic rings. The third-order valence-electron chi connectivity index (χ3n) is 1.46. The van der Waals surface area contributed by atoms with Gasteiger partial charge in [-0.1, -0.05) is 0 Å². The highest BCUT2D eigenvalue weighted by molar-refractivity contribution is 7.17. The first-order valence-electron chi connectivity index (χ1n) is 3.28. The van der Waals surface area contributed by atoms with E-state index in [0.717, 1.165) is 10.2 Å². The molecule has 3 nitrogen and oxygen atoms in total. The highest BCUT2D eigenvalue weighted by Gasteiger charge is 2.03. The summed E-state index contributed by atoms with van der Waals surface area (Å²) in [6.07, 6.45) is 5.25. The van der Waals surface area contributed by atoms with Crippen LogP contribution in [0.25, 0.3) is 10.2 Å². The van der Waals surface area contributed by atoms with Gasteiger partial charge in [0.2, 0.25) is 5.95 Å². The van der Waals surface area contributed by atoms with E-state index in [1.54, 1.807) is 0 Å². The van der Waals surface area contributed by atoms with Gasteiger partial charge in [-0.15, -0.1) is 17.8 Å². The zero-order valence-electron chi connectivity index (χ0n) is 6.11. The molecule has 0 atom stereocenters. The second-order valence-electron chi connectivity index (χ2n) is 2.21. The topological polar surface area (TPSA) is 51.8 Å². The van der Waals surface area contributed by atoms with Crippen molar-refractivity contribution in [2.45, 2.75) is 0 Å². The Labute approximate surface area is 73.3 Å². The molecule has 0 radical (unpaired) electrons. The lowest BCUT2D eigenvalue weighted by Crippen LogP contribution is -1.96. The minimum atomic E-state index is 0.230. The molecule has 2 aromatic heterocycles. The van der Waals surface area contributed by atoms with Crippen molar-refractivity contribution in [3.63, 3.8) is 0 Å². The minimum absolute atomic E-state index is 0.230. The number of anilines is 1. The molecule has 2 heterocycles. The molecule has 2 N–H and O–H groups in total. The third-order valence-corrected chi connectivity index (χ3v) is 2.37. The molecule has 0 aromatic carbocycles. The molecule has 0 aliphatic heterocycles. The van der Waals surface area contributed by atoms with Crippen LogP contribution >= 0.6 is 11.3 Å². The van der Waals surface area contributed by atoms with E-state index in [9.17, 15) is 0 Å². The van der Waals surface area contributed by atoms with Gasteiger partial charge >= 0.3 is 0 Å². The molecular formula is C8H5N3S. The summed E-state index contributed by atoms with van der Waals surface area (Å²) in [5.74, 6) is 2.71. The number of rotatable bonds is 0. The number of fused-ring (bicyclic) bond motifs is 1. The zero-order chi connectivity index (χ0) is 8.55. The highest BCUT2D eigenvalue weighted by Crippen LogP contribution is 2.21. The van der Waals surface area contributed by atoms with E-state index >= 15 is 0 Å². The summed E-state index contributed by atoms with van der Waals surface area (Å²) in [5, 5.41) is 1.92. The summed E-state index contributed by atoms with van der Waals surface area (Å²) in [6.45, 7) is 0. The Hall–Kier alpha value is -1.60. The quantitative estimate of drug-likeness (QED) is 0.613. The molecule has 4 heteroatoms. The van der Waals surface area contributed by atoms with Crippen LogP contribution in [0.15, 0.2) is 11.4 Å². The molecule has 0 aliphatic carbocycles. The Morgan fingerprint density at radius 3 is 3.08 bits per heavy atom. The van der Waals surface area contributed by atoms with Crippen LogP contribution in [0.5, 0.6) is 0 Å². The maximum atomic E-state index is 5.45. The van der Waals surface area contributed by atoms with E-state index < -0.39 is 0 Å². The molecule has 2 rings (SSSR count). The van der Waals surface area contributed by atoms with Gasteiger partial charge in [0, 0.05) is 0 Å². The van der Waals surface area contributed by atoms with Crippen LogP contribution in [-0.2, 0) is 0 Å². The van der Waals surface area contributed by atoms with Crippen LogP contribution in [0.1, 0.15) is 5.69 Å². The molecule has 12 heavy (non-hydrogen) atoms. The molecule has 0 saturated carbocycles. The molecule has 0 aliphatic rings. The van der Waals surface area contributed by atoms with Crippen LogP contribution in [0, 0.1) is 12.3 Å². The van der Waals surface area contributed by atoms with Gasteiger partial charge in [0.15, 0.2) is 0 Å². The normalized spacial score (nSPS) is 9.92. The van der Waals surface area contributed by atoms with Crippen molar-refractivity contribution in [2.24, 2.45) is 0 Å².